The number of likely N-dealkylation sites (N-methyl/N-ethyl adjacent to an activating group) is 1. The van der Waals surface area contributed by atoms with Crippen LogP contribution in [0.1, 0.15) is 30.0 Å². The third-order valence-electron chi connectivity index (χ3n) is 4.71. The largest absolute Gasteiger partial charge is 0.482 e. The van der Waals surface area contributed by atoms with Gasteiger partial charge in [-0.1, -0.05) is 41.9 Å². The zero-order chi connectivity index (χ0) is 19.2. The summed E-state index contributed by atoms with van der Waals surface area (Å²) in [7, 11) is 1.76. The smallest absolute Gasteiger partial charge is 0.344 e. The maximum absolute atomic E-state index is 12.5. The Balaban J connectivity index is 1.49. The van der Waals surface area contributed by atoms with Crippen molar-refractivity contribution < 1.29 is 19.1 Å². The van der Waals surface area contributed by atoms with Gasteiger partial charge in [0.2, 0.25) is 0 Å². The first-order valence-corrected chi connectivity index (χ1v) is 9.30. The van der Waals surface area contributed by atoms with Crippen molar-refractivity contribution in [3.8, 4) is 5.75 Å². The minimum atomic E-state index is -0.597. The van der Waals surface area contributed by atoms with Gasteiger partial charge in [0.15, 0.2) is 13.2 Å². The van der Waals surface area contributed by atoms with Gasteiger partial charge in [0, 0.05) is 12.1 Å². The van der Waals surface area contributed by atoms with Crippen LogP contribution in [0.3, 0.4) is 0 Å². The molecule has 3 rings (SSSR count). The molecular formula is C21H22ClNO4. The number of hydrogen-bond donors (Lipinski definition) is 0. The van der Waals surface area contributed by atoms with Crippen LogP contribution >= 0.6 is 11.6 Å². The third kappa shape index (κ3) is 5.01. The number of carbonyl (C=O) groups is 2. The highest BCUT2D eigenvalue weighted by atomic mass is 35.5. The van der Waals surface area contributed by atoms with Crippen LogP contribution in [0.2, 0.25) is 5.02 Å². The molecule has 0 aromatic heterocycles. The maximum Gasteiger partial charge on any atom is 0.344 e. The fraction of sp³-hybridized carbons (Fsp3) is 0.333. The van der Waals surface area contributed by atoms with Crippen molar-refractivity contribution in [3.05, 3.63) is 64.7 Å². The molecule has 0 fully saturated rings. The van der Waals surface area contributed by atoms with Gasteiger partial charge in [0.05, 0.1) is 6.04 Å². The lowest BCUT2D eigenvalue weighted by Crippen LogP contribution is -2.36. The van der Waals surface area contributed by atoms with E-state index in [4.69, 9.17) is 21.1 Å². The fourth-order valence-electron chi connectivity index (χ4n) is 3.29. The summed E-state index contributed by atoms with van der Waals surface area (Å²) in [5.41, 5.74) is 2.45. The number of ether oxygens (including phenoxy) is 2. The van der Waals surface area contributed by atoms with Gasteiger partial charge >= 0.3 is 5.97 Å². The molecule has 1 unspecified atom stereocenters. The predicted octanol–water partition coefficient (Wildman–Crippen LogP) is 3.80. The summed E-state index contributed by atoms with van der Waals surface area (Å²) in [4.78, 5) is 26.0. The molecular weight excluding hydrogens is 366 g/mol. The molecule has 1 aliphatic carbocycles. The number of carbonyl (C=O) groups excluding carboxylic acids is 2. The van der Waals surface area contributed by atoms with Crippen LogP contribution in [0.4, 0.5) is 0 Å². The van der Waals surface area contributed by atoms with E-state index in [-0.39, 0.29) is 25.2 Å². The Hall–Kier alpha value is -2.53. The average molecular weight is 388 g/mol. The summed E-state index contributed by atoms with van der Waals surface area (Å²) >= 11 is 5.86. The van der Waals surface area contributed by atoms with Crippen LogP contribution in [-0.2, 0) is 20.7 Å². The van der Waals surface area contributed by atoms with Crippen LogP contribution < -0.4 is 4.74 Å². The second-order valence-corrected chi connectivity index (χ2v) is 6.95. The number of halogens is 1. The SMILES string of the molecule is CN(C(=O)COC(=O)COc1cccc(Cl)c1)C1CCCc2ccccc21. The number of nitrogens with zero attached hydrogens (tertiary/aromatic N) is 1. The molecule has 2 aromatic carbocycles. The number of esters is 1. The first kappa shape index (κ1) is 19.2. The molecule has 0 aliphatic heterocycles. The Kier molecular flexibility index (Phi) is 6.35. The van der Waals surface area contributed by atoms with Crippen molar-refractivity contribution in [1.82, 2.24) is 4.90 Å². The van der Waals surface area contributed by atoms with Gasteiger partial charge < -0.3 is 14.4 Å². The first-order valence-electron chi connectivity index (χ1n) is 8.92. The Bertz CT molecular complexity index is 823. The summed E-state index contributed by atoms with van der Waals surface area (Å²) in [6.45, 7) is -0.573. The molecule has 2 aromatic rings. The number of rotatable bonds is 6. The second-order valence-electron chi connectivity index (χ2n) is 6.52. The van der Waals surface area contributed by atoms with Gasteiger partial charge in [-0.3, -0.25) is 4.79 Å². The van der Waals surface area contributed by atoms with Gasteiger partial charge in [-0.15, -0.1) is 0 Å². The third-order valence-corrected chi connectivity index (χ3v) is 4.94. The molecule has 142 valence electrons. The van der Waals surface area contributed by atoms with E-state index in [2.05, 4.69) is 12.1 Å². The standard InChI is InChI=1S/C21H22ClNO4/c1-23(19-11-4-7-15-6-2-3-10-18(15)19)20(24)13-27-21(25)14-26-17-9-5-8-16(22)12-17/h2-3,5-6,8-10,12,19H,4,7,11,13-14H2,1H3. The Morgan fingerprint density at radius 2 is 1.96 bits per heavy atom. The van der Waals surface area contributed by atoms with Gasteiger partial charge in [0.25, 0.3) is 5.91 Å². The molecule has 1 amide bonds. The van der Waals surface area contributed by atoms with Gasteiger partial charge in [-0.2, -0.15) is 0 Å². The minimum Gasteiger partial charge on any atom is -0.482 e. The van der Waals surface area contributed by atoms with Crippen molar-refractivity contribution in [2.24, 2.45) is 0 Å². The van der Waals surface area contributed by atoms with E-state index in [0.717, 1.165) is 19.3 Å². The van der Waals surface area contributed by atoms with Crippen LogP contribution in [0.25, 0.3) is 0 Å². The van der Waals surface area contributed by atoms with E-state index >= 15 is 0 Å². The van der Waals surface area contributed by atoms with Crippen molar-refractivity contribution in [1.29, 1.82) is 0 Å². The molecule has 0 saturated heterocycles. The first-order chi connectivity index (χ1) is 13.0. The lowest BCUT2D eigenvalue weighted by atomic mass is 9.87. The van der Waals surface area contributed by atoms with Gasteiger partial charge in [0.1, 0.15) is 5.75 Å². The zero-order valence-electron chi connectivity index (χ0n) is 15.2. The van der Waals surface area contributed by atoms with E-state index in [1.165, 1.54) is 11.1 Å². The minimum absolute atomic E-state index is 0.0175. The highest BCUT2D eigenvalue weighted by Crippen LogP contribution is 2.33. The summed E-state index contributed by atoms with van der Waals surface area (Å²) in [6, 6.07) is 14.9. The normalized spacial score (nSPS) is 15.6. The van der Waals surface area contributed by atoms with Crippen LogP contribution in [0.5, 0.6) is 5.75 Å². The molecule has 0 saturated carbocycles. The quantitative estimate of drug-likeness (QED) is 0.707. The molecule has 0 N–H and O–H groups in total. The van der Waals surface area contributed by atoms with Crippen molar-refractivity contribution in [3.63, 3.8) is 0 Å². The Morgan fingerprint density at radius 3 is 2.78 bits per heavy atom. The molecule has 27 heavy (non-hydrogen) atoms. The lowest BCUT2D eigenvalue weighted by molar-refractivity contribution is -0.154. The average Bonchev–Trinajstić information content (AvgIpc) is 2.69. The number of hydrogen-bond acceptors (Lipinski definition) is 4. The number of fused-ring (bicyclic) bond motifs is 1. The molecule has 1 aliphatic rings. The second kappa shape index (κ2) is 8.91. The monoisotopic (exact) mass is 387 g/mol. The number of benzene rings is 2. The molecule has 6 heteroatoms. The molecule has 0 heterocycles. The van der Waals surface area contributed by atoms with Crippen molar-refractivity contribution in [2.75, 3.05) is 20.3 Å². The van der Waals surface area contributed by atoms with E-state index in [1.54, 1.807) is 36.2 Å². The van der Waals surface area contributed by atoms with Gasteiger partial charge in [-0.05, 0) is 48.6 Å². The Labute approximate surface area is 163 Å². The zero-order valence-corrected chi connectivity index (χ0v) is 15.9. The number of aryl methyl sites for hydroxylation is 1. The highest BCUT2D eigenvalue weighted by molar-refractivity contribution is 6.30. The van der Waals surface area contributed by atoms with Gasteiger partial charge in [-0.25, -0.2) is 4.79 Å². The summed E-state index contributed by atoms with van der Waals surface area (Å²) < 4.78 is 10.4. The number of amides is 1. The molecule has 0 spiro atoms. The summed E-state index contributed by atoms with van der Waals surface area (Å²) in [5.74, 6) is -0.352. The van der Waals surface area contributed by atoms with Crippen LogP contribution in [0, 0.1) is 0 Å². The molecule has 0 radical (unpaired) electrons. The topological polar surface area (TPSA) is 55.8 Å². The lowest BCUT2D eigenvalue weighted by Gasteiger charge is -2.33. The summed E-state index contributed by atoms with van der Waals surface area (Å²) in [5, 5.41) is 0.519. The van der Waals surface area contributed by atoms with E-state index in [0.29, 0.717) is 10.8 Å². The van der Waals surface area contributed by atoms with E-state index in [1.807, 2.05) is 12.1 Å². The molecule has 0 bridgehead atoms. The van der Waals surface area contributed by atoms with Crippen molar-refractivity contribution in [2.45, 2.75) is 25.3 Å². The summed E-state index contributed by atoms with van der Waals surface area (Å²) in [6.07, 6.45) is 2.97. The van der Waals surface area contributed by atoms with Crippen molar-refractivity contribution >= 4 is 23.5 Å². The van der Waals surface area contributed by atoms with E-state index in [9.17, 15) is 9.59 Å². The maximum atomic E-state index is 12.5. The highest BCUT2D eigenvalue weighted by Gasteiger charge is 2.26. The van der Waals surface area contributed by atoms with E-state index < -0.39 is 5.97 Å². The molecule has 5 nitrogen and oxygen atoms in total. The fourth-order valence-corrected chi connectivity index (χ4v) is 3.47. The molecule has 1 atom stereocenters. The van der Waals surface area contributed by atoms with Crippen LogP contribution in [-0.4, -0.2) is 37.0 Å². The van der Waals surface area contributed by atoms with Crippen LogP contribution in [0.15, 0.2) is 48.5 Å². The predicted molar refractivity (Wildman–Crippen MR) is 103 cm³/mol. The Morgan fingerprint density at radius 1 is 1.15 bits per heavy atom.